The van der Waals surface area contributed by atoms with E-state index in [1.807, 2.05) is 0 Å². The van der Waals surface area contributed by atoms with Gasteiger partial charge in [-0.1, -0.05) is 157 Å². The van der Waals surface area contributed by atoms with Gasteiger partial charge in [0, 0.05) is 13.7 Å². The molecule has 0 saturated heterocycles. The van der Waals surface area contributed by atoms with Crippen LogP contribution in [0.25, 0.3) is 0 Å². The fraction of sp³-hybridized carbons (Fsp3) is 1.00. The van der Waals surface area contributed by atoms with Crippen molar-refractivity contribution in [3.63, 3.8) is 0 Å². The van der Waals surface area contributed by atoms with Gasteiger partial charge in [-0.05, 0) is 26.8 Å². The molecular formula is C31H75B2N3O. The highest BCUT2D eigenvalue weighted by atomic mass is 16.5. The second-order valence-electron chi connectivity index (χ2n) is 12.4. The van der Waals surface area contributed by atoms with Gasteiger partial charge in [0.15, 0.2) is 0 Å². The zero-order valence-corrected chi connectivity index (χ0v) is 28.6. The van der Waals surface area contributed by atoms with Crippen LogP contribution in [-0.4, -0.2) is 39.3 Å². The van der Waals surface area contributed by atoms with E-state index in [2.05, 4.69) is 83.1 Å². The molecule has 6 unspecified atom stereocenters. The molecule has 0 heterocycles. The largest absolute Gasteiger partial charge is 0.385 e. The van der Waals surface area contributed by atoms with Crippen LogP contribution < -0.4 is 17.2 Å². The van der Waals surface area contributed by atoms with E-state index < -0.39 is 5.66 Å². The van der Waals surface area contributed by atoms with Gasteiger partial charge in [-0.25, -0.2) is 0 Å². The first-order valence-electron chi connectivity index (χ1n) is 15.8. The zero-order valence-electron chi connectivity index (χ0n) is 28.6. The van der Waals surface area contributed by atoms with E-state index in [1.54, 1.807) is 21.0 Å². The highest BCUT2D eigenvalue weighted by Gasteiger charge is 2.30. The second kappa shape index (κ2) is 27.5. The van der Waals surface area contributed by atoms with E-state index in [0.29, 0.717) is 0 Å². The maximum Gasteiger partial charge on any atom is 0.148 e. The van der Waals surface area contributed by atoms with Crippen LogP contribution in [0.15, 0.2) is 0 Å². The first-order valence-corrected chi connectivity index (χ1v) is 15.8. The van der Waals surface area contributed by atoms with E-state index in [4.69, 9.17) is 21.9 Å². The molecule has 37 heavy (non-hydrogen) atoms. The van der Waals surface area contributed by atoms with Crippen molar-refractivity contribution in [2.24, 2.45) is 17.2 Å². The van der Waals surface area contributed by atoms with E-state index in [-0.39, 0.29) is 0 Å². The molecule has 0 aliphatic carbocycles. The van der Waals surface area contributed by atoms with Gasteiger partial charge in [0.05, 0.1) is 5.66 Å². The summed E-state index contributed by atoms with van der Waals surface area (Å²) in [5, 5.41) is 0. The normalized spacial score (nSPS) is 15.7. The number of hydrogen-bond donors (Lipinski definition) is 3. The fourth-order valence-electron chi connectivity index (χ4n) is 5.23. The monoisotopic (exact) mass is 528 g/mol. The summed E-state index contributed by atoms with van der Waals surface area (Å²) in [4.78, 5) is 0. The Bertz CT molecular complexity index is 361. The van der Waals surface area contributed by atoms with Crippen LogP contribution in [-0.2, 0) is 4.74 Å². The Balaban J connectivity index is -0.000000212. The SMILES string of the molecule is CC(C)(N)N.CCC(C)B(C(C)CC)C(C)CC.CCC(C)B(C(C)CC)C(C)CC.COCCCN. The van der Waals surface area contributed by atoms with Crippen molar-refractivity contribution in [1.82, 2.24) is 0 Å². The van der Waals surface area contributed by atoms with Crippen molar-refractivity contribution in [2.45, 2.75) is 182 Å². The lowest BCUT2D eigenvalue weighted by Gasteiger charge is -2.30. The highest BCUT2D eigenvalue weighted by molar-refractivity contribution is 6.63. The molecule has 6 heteroatoms. The molecule has 0 aliphatic rings. The lowest BCUT2D eigenvalue weighted by molar-refractivity contribution is 0.197. The minimum absolute atomic E-state index is 0.500. The van der Waals surface area contributed by atoms with Crippen LogP contribution in [0.2, 0.25) is 34.9 Å². The Morgan fingerprint density at radius 2 is 0.757 bits per heavy atom. The van der Waals surface area contributed by atoms with Crippen molar-refractivity contribution in [2.75, 3.05) is 20.3 Å². The van der Waals surface area contributed by atoms with Crippen LogP contribution in [0.3, 0.4) is 0 Å². The van der Waals surface area contributed by atoms with Gasteiger partial charge in [0.2, 0.25) is 0 Å². The molecule has 0 aromatic heterocycles. The molecule has 0 spiro atoms. The molecule has 0 bridgehead atoms. The summed E-state index contributed by atoms with van der Waals surface area (Å²) in [6.07, 6.45) is 8.96. The smallest absolute Gasteiger partial charge is 0.148 e. The minimum Gasteiger partial charge on any atom is -0.385 e. The Hall–Kier alpha value is -0.0301. The quantitative estimate of drug-likeness (QED) is 0.112. The maximum absolute atomic E-state index is 5.13. The third kappa shape index (κ3) is 27.3. The molecule has 226 valence electrons. The summed E-state index contributed by atoms with van der Waals surface area (Å²) in [5.41, 5.74) is 14.9. The average Bonchev–Trinajstić information content (AvgIpc) is 2.86. The van der Waals surface area contributed by atoms with Gasteiger partial charge >= 0.3 is 0 Å². The Kier molecular flexibility index (Phi) is 32.7. The van der Waals surface area contributed by atoms with E-state index in [9.17, 15) is 0 Å². The molecule has 0 amide bonds. The fourth-order valence-corrected chi connectivity index (χ4v) is 5.23. The van der Waals surface area contributed by atoms with Gasteiger partial charge in [0.1, 0.15) is 13.4 Å². The van der Waals surface area contributed by atoms with Crippen molar-refractivity contribution in [1.29, 1.82) is 0 Å². The van der Waals surface area contributed by atoms with Gasteiger partial charge < -0.3 is 21.9 Å². The first kappa shape index (κ1) is 44.0. The molecule has 0 aromatic carbocycles. The summed E-state index contributed by atoms with van der Waals surface area (Å²) in [7, 11) is 1.68. The van der Waals surface area contributed by atoms with Gasteiger partial charge in [-0.3, -0.25) is 0 Å². The van der Waals surface area contributed by atoms with Crippen LogP contribution in [0.5, 0.6) is 0 Å². The lowest BCUT2D eigenvalue weighted by atomic mass is 9.27. The summed E-state index contributed by atoms with van der Waals surface area (Å²) in [6, 6.07) is 0. The standard InChI is InChI=1S/2C12H27B.C4H11NO.C3H10N2/c2*1-7-10(4)13(11(5)8-2)12(6)9-3;1-6-4-2-3-5;1-3(2,4)5/h2*10-12H,7-9H2,1-6H3;2-5H2,1H3;4-5H2,1-2H3. The van der Waals surface area contributed by atoms with Gasteiger partial charge in [-0.2, -0.15) is 0 Å². The summed E-state index contributed by atoms with van der Waals surface area (Å²) in [5.74, 6) is 5.36. The first-order chi connectivity index (χ1) is 17.1. The average molecular weight is 528 g/mol. The molecule has 6 N–H and O–H groups in total. The molecule has 0 saturated carbocycles. The Morgan fingerprint density at radius 1 is 0.568 bits per heavy atom. The molecular weight excluding hydrogens is 452 g/mol. The van der Waals surface area contributed by atoms with Crippen LogP contribution in [0.4, 0.5) is 0 Å². The minimum atomic E-state index is -0.500. The molecule has 0 aliphatic heterocycles. The Labute approximate surface area is 237 Å². The van der Waals surface area contributed by atoms with Crippen LogP contribution >= 0.6 is 0 Å². The third-order valence-electron chi connectivity index (χ3n) is 8.36. The number of nitrogens with two attached hydrogens (primary N) is 3. The molecule has 0 aromatic rings. The lowest BCUT2D eigenvalue weighted by Crippen LogP contribution is -2.42. The topological polar surface area (TPSA) is 87.3 Å². The van der Waals surface area contributed by atoms with E-state index >= 15 is 0 Å². The predicted molar refractivity (Wildman–Crippen MR) is 178 cm³/mol. The molecule has 0 fully saturated rings. The molecule has 4 nitrogen and oxygen atoms in total. The number of hydrogen-bond acceptors (Lipinski definition) is 4. The van der Waals surface area contributed by atoms with Crippen molar-refractivity contribution in [3.8, 4) is 0 Å². The number of ether oxygens (including phenoxy) is 1. The van der Waals surface area contributed by atoms with Crippen molar-refractivity contribution >= 4 is 13.4 Å². The van der Waals surface area contributed by atoms with Crippen molar-refractivity contribution < 1.29 is 4.74 Å². The number of rotatable bonds is 15. The molecule has 6 atom stereocenters. The zero-order chi connectivity index (χ0) is 30.2. The molecule has 0 radical (unpaired) electrons. The van der Waals surface area contributed by atoms with Crippen molar-refractivity contribution in [3.05, 3.63) is 0 Å². The summed E-state index contributed by atoms with van der Waals surface area (Å²) >= 11 is 0. The predicted octanol–water partition coefficient (Wildman–Crippen LogP) is 9.38. The summed E-state index contributed by atoms with van der Waals surface area (Å²) in [6.45, 7) is 35.3. The second-order valence-corrected chi connectivity index (χ2v) is 12.4. The number of methoxy groups -OCH3 is 1. The third-order valence-corrected chi connectivity index (χ3v) is 8.36. The van der Waals surface area contributed by atoms with Crippen LogP contribution in [0, 0.1) is 0 Å². The van der Waals surface area contributed by atoms with E-state index in [0.717, 1.165) is 67.9 Å². The molecule has 0 rings (SSSR count). The summed E-state index contributed by atoms with van der Waals surface area (Å²) < 4.78 is 4.70. The highest BCUT2D eigenvalue weighted by Crippen LogP contribution is 2.36. The van der Waals surface area contributed by atoms with E-state index in [1.165, 1.54) is 38.5 Å². The van der Waals surface area contributed by atoms with Crippen LogP contribution in [0.1, 0.15) is 142 Å². The Morgan fingerprint density at radius 3 is 0.838 bits per heavy atom. The maximum atomic E-state index is 5.13. The van der Waals surface area contributed by atoms with Gasteiger partial charge in [0.25, 0.3) is 0 Å². The van der Waals surface area contributed by atoms with Gasteiger partial charge in [-0.15, -0.1) is 0 Å².